The maximum absolute atomic E-state index is 12.1. The van der Waals surface area contributed by atoms with Gasteiger partial charge in [-0.1, -0.05) is 30.3 Å². The van der Waals surface area contributed by atoms with Gasteiger partial charge in [-0.25, -0.2) is 13.1 Å². The second kappa shape index (κ2) is 7.89. The monoisotopic (exact) mass is 432 g/mol. The molecule has 1 saturated heterocycles. The highest BCUT2D eigenvalue weighted by molar-refractivity contribution is 7.91. The molecule has 0 N–H and O–H groups in total. The molecule has 1 aliphatic heterocycles. The van der Waals surface area contributed by atoms with Crippen molar-refractivity contribution in [3.8, 4) is 11.4 Å². The van der Waals surface area contributed by atoms with Gasteiger partial charge in [-0.2, -0.15) is 5.10 Å². The number of rotatable bonds is 6. The molecule has 0 radical (unpaired) electrons. The third-order valence-corrected chi connectivity index (χ3v) is 7.64. The van der Waals surface area contributed by atoms with Crippen molar-refractivity contribution in [2.45, 2.75) is 32.6 Å². The number of aryl methyl sites for hydroxylation is 1. The molecule has 0 saturated carbocycles. The average molecular weight is 433 g/mol. The number of sulfone groups is 1. The van der Waals surface area contributed by atoms with Crippen molar-refractivity contribution in [2.75, 3.05) is 11.5 Å². The quantitative estimate of drug-likeness (QED) is 0.557. The van der Waals surface area contributed by atoms with Gasteiger partial charge in [0, 0.05) is 19.6 Å². The van der Waals surface area contributed by atoms with Crippen molar-refractivity contribution in [1.82, 2.24) is 19.2 Å². The Kier molecular flexibility index (Phi) is 5.46. The Morgan fingerprint density at radius 2 is 2.03 bits per heavy atom. The van der Waals surface area contributed by atoms with E-state index in [1.165, 1.54) is 0 Å². The lowest BCUT2D eigenvalue weighted by atomic mass is 10.1. The maximum Gasteiger partial charge on any atom is 0.199 e. The van der Waals surface area contributed by atoms with Gasteiger partial charge in [0.1, 0.15) is 5.76 Å². The topological polar surface area (TPSA) is 73.3 Å². The Morgan fingerprint density at radius 1 is 1.28 bits per heavy atom. The molecule has 3 heterocycles. The number of hydrogen-bond acceptors (Lipinski definition) is 6. The van der Waals surface area contributed by atoms with Crippen LogP contribution in [0.15, 0.2) is 47.1 Å². The van der Waals surface area contributed by atoms with Crippen LogP contribution in [0, 0.1) is 11.7 Å². The van der Waals surface area contributed by atoms with E-state index in [4.69, 9.17) is 21.7 Å². The molecule has 0 unspecified atom stereocenters. The zero-order valence-electron chi connectivity index (χ0n) is 16.5. The summed E-state index contributed by atoms with van der Waals surface area (Å²) in [5.41, 5.74) is 2.03. The summed E-state index contributed by atoms with van der Waals surface area (Å²) in [7, 11) is -1.11. The molecule has 2 aromatic heterocycles. The van der Waals surface area contributed by atoms with E-state index >= 15 is 0 Å². The fourth-order valence-electron chi connectivity index (χ4n) is 3.78. The first-order chi connectivity index (χ1) is 13.8. The standard InChI is InChI=1S/C20H24N4O3S2/c1-15-18(8-10-27-15)19-21-24(20(28)22(19)2)14-23(12-16-6-4-3-5-7-16)17-9-11-29(25,26)13-17/h3-8,10,17H,9,11-14H2,1-2H3/t17-/m0/s1. The lowest BCUT2D eigenvalue weighted by molar-refractivity contribution is 0.146. The third-order valence-electron chi connectivity index (χ3n) is 5.41. The van der Waals surface area contributed by atoms with Gasteiger partial charge < -0.3 is 8.98 Å². The Bertz CT molecular complexity index is 1160. The van der Waals surface area contributed by atoms with E-state index in [2.05, 4.69) is 17.0 Å². The summed E-state index contributed by atoms with van der Waals surface area (Å²) >= 11 is 5.62. The Balaban J connectivity index is 1.66. The average Bonchev–Trinajstić information content (AvgIpc) is 3.35. The third kappa shape index (κ3) is 4.22. The van der Waals surface area contributed by atoms with Crippen LogP contribution in [0.5, 0.6) is 0 Å². The van der Waals surface area contributed by atoms with E-state index in [1.54, 1.807) is 10.9 Å². The van der Waals surface area contributed by atoms with E-state index in [9.17, 15) is 8.42 Å². The largest absolute Gasteiger partial charge is 0.469 e. The summed E-state index contributed by atoms with van der Waals surface area (Å²) in [4.78, 5) is 2.16. The number of furan rings is 1. The molecule has 29 heavy (non-hydrogen) atoms. The minimum Gasteiger partial charge on any atom is -0.469 e. The molecule has 1 aromatic carbocycles. The summed E-state index contributed by atoms with van der Waals surface area (Å²) in [6.45, 7) is 2.96. The molecule has 1 fully saturated rings. The Hall–Kier alpha value is -2.23. The highest BCUT2D eigenvalue weighted by Crippen LogP contribution is 2.24. The highest BCUT2D eigenvalue weighted by Gasteiger charge is 2.33. The van der Waals surface area contributed by atoms with Crippen molar-refractivity contribution in [3.05, 3.63) is 58.8 Å². The van der Waals surface area contributed by atoms with Gasteiger partial charge in [0.2, 0.25) is 0 Å². The molecule has 3 aromatic rings. The first-order valence-electron chi connectivity index (χ1n) is 9.51. The van der Waals surface area contributed by atoms with Gasteiger partial charge in [0.05, 0.1) is 30.0 Å². The normalized spacial score (nSPS) is 18.5. The zero-order valence-corrected chi connectivity index (χ0v) is 18.1. The van der Waals surface area contributed by atoms with Crippen LogP contribution in [-0.4, -0.2) is 45.2 Å². The van der Waals surface area contributed by atoms with Gasteiger partial charge >= 0.3 is 0 Å². The molecule has 0 spiro atoms. The highest BCUT2D eigenvalue weighted by atomic mass is 32.2. The predicted molar refractivity (Wildman–Crippen MR) is 114 cm³/mol. The van der Waals surface area contributed by atoms with Gasteiger partial charge in [-0.15, -0.1) is 0 Å². The predicted octanol–water partition coefficient (Wildman–Crippen LogP) is 3.17. The maximum atomic E-state index is 12.1. The summed E-state index contributed by atoms with van der Waals surface area (Å²) in [5, 5.41) is 4.73. The lowest BCUT2D eigenvalue weighted by Gasteiger charge is -2.27. The van der Waals surface area contributed by atoms with E-state index in [0.29, 0.717) is 24.4 Å². The number of benzene rings is 1. The number of hydrogen-bond donors (Lipinski definition) is 0. The Labute approximate surface area is 175 Å². The van der Waals surface area contributed by atoms with Crippen molar-refractivity contribution >= 4 is 22.1 Å². The van der Waals surface area contributed by atoms with E-state index in [-0.39, 0.29) is 17.5 Å². The lowest BCUT2D eigenvalue weighted by Crippen LogP contribution is -2.37. The van der Waals surface area contributed by atoms with Crippen LogP contribution in [0.1, 0.15) is 17.7 Å². The molecule has 1 atom stereocenters. The smallest absolute Gasteiger partial charge is 0.199 e. The van der Waals surface area contributed by atoms with Gasteiger partial charge in [0.15, 0.2) is 20.4 Å². The van der Waals surface area contributed by atoms with Crippen molar-refractivity contribution in [3.63, 3.8) is 0 Å². The first kappa shape index (κ1) is 20.1. The number of nitrogens with zero attached hydrogens (tertiary/aromatic N) is 4. The second-order valence-electron chi connectivity index (χ2n) is 7.49. The number of aromatic nitrogens is 3. The Morgan fingerprint density at radius 3 is 2.66 bits per heavy atom. The van der Waals surface area contributed by atoms with Crippen LogP contribution < -0.4 is 0 Å². The van der Waals surface area contributed by atoms with E-state index in [0.717, 1.165) is 22.7 Å². The van der Waals surface area contributed by atoms with Crippen LogP contribution in [0.2, 0.25) is 0 Å². The van der Waals surface area contributed by atoms with Crippen LogP contribution in [0.3, 0.4) is 0 Å². The fraction of sp³-hybridized carbons (Fsp3) is 0.400. The van der Waals surface area contributed by atoms with Gasteiger partial charge in [0.25, 0.3) is 0 Å². The first-order valence-corrected chi connectivity index (χ1v) is 11.7. The van der Waals surface area contributed by atoms with E-state index in [1.807, 2.05) is 42.8 Å². The summed E-state index contributed by atoms with van der Waals surface area (Å²) in [5.74, 6) is 1.92. The zero-order chi connectivity index (χ0) is 20.6. The molecule has 0 aliphatic carbocycles. The summed E-state index contributed by atoms with van der Waals surface area (Å²) in [6.07, 6.45) is 2.26. The summed E-state index contributed by atoms with van der Waals surface area (Å²) < 4.78 is 33.8. The van der Waals surface area contributed by atoms with Crippen molar-refractivity contribution < 1.29 is 12.8 Å². The molecular formula is C20H24N4O3S2. The second-order valence-corrected chi connectivity index (χ2v) is 10.1. The van der Waals surface area contributed by atoms with Gasteiger partial charge in [-0.3, -0.25) is 4.90 Å². The van der Waals surface area contributed by atoms with Crippen LogP contribution in [0.25, 0.3) is 11.4 Å². The SMILES string of the molecule is Cc1occc1-c1nn(CN(Cc2ccccc2)[C@H]2CCS(=O)(=O)C2)c(=S)n1C. The molecular weight excluding hydrogens is 408 g/mol. The van der Waals surface area contributed by atoms with E-state index < -0.39 is 9.84 Å². The van der Waals surface area contributed by atoms with Crippen LogP contribution >= 0.6 is 12.2 Å². The van der Waals surface area contributed by atoms with Crippen molar-refractivity contribution in [1.29, 1.82) is 0 Å². The molecule has 9 heteroatoms. The molecule has 0 amide bonds. The molecule has 7 nitrogen and oxygen atoms in total. The van der Waals surface area contributed by atoms with Gasteiger partial charge in [-0.05, 0) is 37.2 Å². The molecule has 154 valence electrons. The van der Waals surface area contributed by atoms with Crippen LogP contribution in [0.4, 0.5) is 0 Å². The molecule has 0 bridgehead atoms. The molecule has 4 rings (SSSR count). The minimum atomic E-state index is -2.99. The minimum absolute atomic E-state index is 0.0526. The van der Waals surface area contributed by atoms with Crippen molar-refractivity contribution in [2.24, 2.45) is 7.05 Å². The molecule has 1 aliphatic rings. The fourth-order valence-corrected chi connectivity index (χ4v) is 5.73. The summed E-state index contributed by atoms with van der Waals surface area (Å²) in [6, 6.07) is 11.9. The van der Waals surface area contributed by atoms with Crippen LogP contribution in [-0.2, 0) is 30.1 Å².